The molecule has 3 aromatic rings. The maximum Gasteiger partial charge on any atom is 0.325 e. The van der Waals surface area contributed by atoms with Crippen LogP contribution < -0.4 is 15.4 Å². The van der Waals surface area contributed by atoms with Gasteiger partial charge in [-0.1, -0.05) is 35.5 Å². The predicted molar refractivity (Wildman–Crippen MR) is 109 cm³/mol. The lowest BCUT2D eigenvalue weighted by Gasteiger charge is -2.08. The molecule has 0 fully saturated rings. The van der Waals surface area contributed by atoms with E-state index in [-0.39, 0.29) is 18.7 Å². The lowest BCUT2D eigenvalue weighted by molar-refractivity contribution is -0.148. The zero-order valence-electron chi connectivity index (χ0n) is 16.7. The minimum atomic E-state index is -0.761. The number of hydrogen-bond acceptors (Lipinski definition) is 8. The fourth-order valence-corrected chi connectivity index (χ4v) is 2.49. The zero-order valence-corrected chi connectivity index (χ0v) is 16.7. The molecule has 0 atom stereocenters. The van der Waals surface area contributed by atoms with Crippen molar-refractivity contribution in [2.45, 2.75) is 12.8 Å². The first-order valence-electron chi connectivity index (χ1n) is 9.32. The molecule has 2 aromatic carbocycles. The molecule has 2 N–H and O–H groups in total. The number of benzene rings is 2. The number of anilines is 1. The van der Waals surface area contributed by atoms with Gasteiger partial charge in [0.25, 0.3) is 5.91 Å². The smallest absolute Gasteiger partial charge is 0.325 e. The van der Waals surface area contributed by atoms with E-state index < -0.39 is 24.5 Å². The Morgan fingerprint density at radius 2 is 1.77 bits per heavy atom. The van der Waals surface area contributed by atoms with Gasteiger partial charge in [0.1, 0.15) is 5.75 Å². The van der Waals surface area contributed by atoms with Gasteiger partial charge in [0, 0.05) is 17.7 Å². The predicted octanol–water partition coefficient (Wildman–Crippen LogP) is 2.57. The van der Waals surface area contributed by atoms with Gasteiger partial charge in [-0.25, -0.2) is 4.79 Å². The lowest BCUT2D eigenvalue weighted by atomic mass is 10.2. The molecule has 0 radical (unpaired) electrons. The summed E-state index contributed by atoms with van der Waals surface area (Å²) in [4.78, 5) is 39.6. The van der Waals surface area contributed by atoms with E-state index in [0.29, 0.717) is 17.3 Å². The SMILES string of the molecule is COc1ccc(NC(=O)NC(=O)COC(=O)CCc2nc(-c3ccccc3)no2)cc1. The monoisotopic (exact) mass is 424 g/mol. The highest BCUT2D eigenvalue weighted by atomic mass is 16.5. The van der Waals surface area contributed by atoms with Crippen molar-refractivity contribution in [2.24, 2.45) is 0 Å². The Balaban J connectivity index is 1.36. The highest BCUT2D eigenvalue weighted by Crippen LogP contribution is 2.16. The fourth-order valence-electron chi connectivity index (χ4n) is 2.49. The van der Waals surface area contributed by atoms with Gasteiger partial charge in [0.2, 0.25) is 11.7 Å². The minimum absolute atomic E-state index is 0.0538. The number of esters is 1. The molecule has 0 saturated heterocycles. The number of nitrogens with zero attached hydrogens (tertiary/aromatic N) is 2. The van der Waals surface area contributed by atoms with Gasteiger partial charge >= 0.3 is 12.0 Å². The molecule has 160 valence electrons. The third-order valence-corrected chi connectivity index (χ3v) is 4.01. The maximum absolute atomic E-state index is 11.8. The zero-order chi connectivity index (χ0) is 22.1. The van der Waals surface area contributed by atoms with E-state index in [1.807, 2.05) is 30.3 Å². The molecular formula is C21H20N4O6. The first-order valence-corrected chi connectivity index (χ1v) is 9.32. The van der Waals surface area contributed by atoms with Gasteiger partial charge < -0.3 is 19.3 Å². The van der Waals surface area contributed by atoms with Crippen LogP contribution in [0.5, 0.6) is 5.75 Å². The number of rotatable bonds is 8. The number of hydrogen-bond donors (Lipinski definition) is 2. The number of aromatic nitrogens is 2. The van der Waals surface area contributed by atoms with E-state index in [0.717, 1.165) is 5.56 Å². The van der Waals surface area contributed by atoms with E-state index in [9.17, 15) is 14.4 Å². The summed E-state index contributed by atoms with van der Waals surface area (Å²) in [6.45, 7) is -0.589. The Labute approximate surface area is 177 Å². The van der Waals surface area contributed by atoms with Crippen LogP contribution in [-0.4, -0.2) is 41.8 Å². The average Bonchev–Trinajstić information content (AvgIpc) is 3.26. The molecule has 0 spiro atoms. The fraction of sp³-hybridized carbons (Fsp3) is 0.190. The molecule has 3 amide bonds. The number of nitrogens with one attached hydrogen (secondary N) is 2. The first-order chi connectivity index (χ1) is 15.0. The van der Waals surface area contributed by atoms with Crippen LogP contribution >= 0.6 is 0 Å². The molecule has 31 heavy (non-hydrogen) atoms. The molecule has 10 nitrogen and oxygen atoms in total. The Bertz CT molecular complexity index is 1030. The average molecular weight is 424 g/mol. The molecule has 10 heteroatoms. The van der Waals surface area contributed by atoms with Crippen molar-refractivity contribution in [3.8, 4) is 17.1 Å². The number of carbonyl (C=O) groups is 3. The summed E-state index contributed by atoms with van der Waals surface area (Å²) >= 11 is 0. The molecule has 3 rings (SSSR count). The molecule has 0 aliphatic carbocycles. The van der Waals surface area contributed by atoms with Crippen molar-refractivity contribution in [1.82, 2.24) is 15.5 Å². The highest BCUT2D eigenvalue weighted by molar-refractivity contribution is 6.01. The largest absolute Gasteiger partial charge is 0.497 e. The molecule has 0 aliphatic heterocycles. The minimum Gasteiger partial charge on any atom is -0.497 e. The summed E-state index contributed by atoms with van der Waals surface area (Å²) < 4.78 is 15.0. The van der Waals surface area contributed by atoms with Crippen LogP contribution in [0.3, 0.4) is 0 Å². The topological polar surface area (TPSA) is 133 Å². The summed E-state index contributed by atoms with van der Waals surface area (Å²) in [6, 6.07) is 15.1. The van der Waals surface area contributed by atoms with Crippen molar-refractivity contribution in [1.29, 1.82) is 0 Å². The van der Waals surface area contributed by atoms with Gasteiger partial charge in [-0.05, 0) is 24.3 Å². The standard InChI is InChI=1S/C21H20N4O6/c1-29-16-9-7-15(8-10-16)22-21(28)23-17(26)13-30-19(27)12-11-18-24-20(25-31-18)14-5-3-2-4-6-14/h2-10H,11-13H2,1H3,(H2,22,23,26,28). The Morgan fingerprint density at radius 1 is 1.03 bits per heavy atom. The van der Waals surface area contributed by atoms with E-state index in [1.54, 1.807) is 24.3 Å². The summed E-state index contributed by atoms with van der Waals surface area (Å²) in [5, 5.41) is 8.41. The van der Waals surface area contributed by atoms with Crippen LogP contribution in [0, 0.1) is 0 Å². The number of aryl methyl sites for hydroxylation is 1. The summed E-state index contributed by atoms with van der Waals surface area (Å²) in [6.07, 6.45) is 0.111. The third-order valence-electron chi connectivity index (χ3n) is 4.01. The van der Waals surface area contributed by atoms with Crippen LogP contribution in [0.4, 0.5) is 10.5 Å². The van der Waals surface area contributed by atoms with Crippen LogP contribution in [0.15, 0.2) is 59.1 Å². The second-order valence-electron chi connectivity index (χ2n) is 6.27. The second-order valence-corrected chi connectivity index (χ2v) is 6.27. The van der Waals surface area contributed by atoms with Gasteiger partial charge in [0.05, 0.1) is 13.5 Å². The Kier molecular flexibility index (Phi) is 7.30. The van der Waals surface area contributed by atoms with E-state index in [4.69, 9.17) is 14.0 Å². The van der Waals surface area contributed by atoms with Crippen molar-refractivity contribution in [3.05, 3.63) is 60.5 Å². The summed E-state index contributed by atoms with van der Waals surface area (Å²) in [5.74, 6) is -0.0650. The number of urea groups is 1. The van der Waals surface area contributed by atoms with Crippen molar-refractivity contribution < 1.29 is 28.4 Å². The molecule has 0 aliphatic rings. The Morgan fingerprint density at radius 3 is 2.48 bits per heavy atom. The molecule has 0 saturated carbocycles. The van der Waals surface area contributed by atoms with Gasteiger partial charge in [-0.2, -0.15) is 4.98 Å². The molecule has 0 bridgehead atoms. The highest BCUT2D eigenvalue weighted by Gasteiger charge is 2.14. The number of imide groups is 1. The van der Waals surface area contributed by atoms with E-state index in [2.05, 4.69) is 20.8 Å². The summed E-state index contributed by atoms with van der Waals surface area (Å²) in [5.41, 5.74) is 1.27. The van der Waals surface area contributed by atoms with Crippen LogP contribution in [-0.2, 0) is 20.7 Å². The molecule has 0 unspecified atom stereocenters. The number of ether oxygens (including phenoxy) is 2. The van der Waals surface area contributed by atoms with Crippen LogP contribution in [0.25, 0.3) is 11.4 Å². The molecule has 1 heterocycles. The van der Waals surface area contributed by atoms with Crippen LogP contribution in [0.2, 0.25) is 0 Å². The second kappa shape index (κ2) is 10.5. The molecule has 1 aromatic heterocycles. The van der Waals surface area contributed by atoms with Crippen molar-refractivity contribution >= 4 is 23.6 Å². The summed E-state index contributed by atoms with van der Waals surface area (Å²) in [7, 11) is 1.53. The molecular weight excluding hydrogens is 404 g/mol. The normalized spacial score (nSPS) is 10.2. The maximum atomic E-state index is 11.8. The van der Waals surface area contributed by atoms with Gasteiger partial charge in [0.15, 0.2) is 6.61 Å². The first kappa shape index (κ1) is 21.5. The number of carbonyl (C=O) groups excluding carboxylic acids is 3. The van der Waals surface area contributed by atoms with Crippen molar-refractivity contribution in [3.63, 3.8) is 0 Å². The van der Waals surface area contributed by atoms with Gasteiger partial charge in [-0.15, -0.1) is 0 Å². The number of amides is 3. The van der Waals surface area contributed by atoms with E-state index >= 15 is 0 Å². The number of methoxy groups -OCH3 is 1. The lowest BCUT2D eigenvalue weighted by Crippen LogP contribution is -2.37. The Hall–Kier alpha value is -4.21. The third kappa shape index (κ3) is 6.67. The quantitative estimate of drug-likeness (QED) is 0.527. The van der Waals surface area contributed by atoms with Crippen LogP contribution in [0.1, 0.15) is 12.3 Å². The van der Waals surface area contributed by atoms with Gasteiger partial charge in [-0.3, -0.25) is 14.9 Å². The van der Waals surface area contributed by atoms with Crippen molar-refractivity contribution in [2.75, 3.05) is 19.0 Å². The van der Waals surface area contributed by atoms with E-state index in [1.165, 1.54) is 7.11 Å².